The molecular weight excluding hydrogens is 192 g/mol. The van der Waals surface area contributed by atoms with Crippen LogP contribution in [0.2, 0.25) is 0 Å². The van der Waals surface area contributed by atoms with Gasteiger partial charge in [-0.2, -0.15) is 0 Å². The highest BCUT2D eigenvalue weighted by molar-refractivity contribution is 5.79. The zero-order valence-electron chi connectivity index (χ0n) is 9.23. The van der Waals surface area contributed by atoms with Gasteiger partial charge in [-0.05, 0) is 25.1 Å². The Hall–Kier alpha value is -1.71. The zero-order chi connectivity index (χ0) is 11.4. The molecule has 0 aliphatic carbocycles. The molecule has 1 aromatic carbocycles. The molecule has 82 valence electrons. The summed E-state index contributed by atoms with van der Waals surface area (Å²) in [6.45, 7) is 1.79. The number of ether oxygens (including phenoxy) is 1. The maximum atomic E-state index is 11.3. The summed E-state index contributed by atoms with van der Waals surface area (Å²) in [5.41, 5.74) is 7.24. The van der Waals surface area contributed by atoms with E-state index in [1.807, 2.05) is 30.1 Å². The molecule has 0 radical (unpaired) electrons. The second-order valence-electron chi connectivity index (χ2n) is 3.41. The molecule has 1 rings (SSSR count). The maximum Gasteiger partial charge on any atom is 0.328 e. The summed E-state index contributed by atoms with van der Waals surface area (Å²) >= 11 is 0. The SMILES string of the molecule is COC(=O)C(C)N(C)c1cccc(N)c1. The summed E-state index contributed by atoms with van der Waals surface area (Å²) < 4.78 is 4.67. The summed E-state index contributed by atoms with van der Waals surface area (Å²) in [6, 6.07) is 7.05. The molecule has 0 spiro atoms. The van der Waals surface area contributed by atoms with Crippen LogP contribution in [0.4, 0.5) is 11.4 Å². The summed E-state index contributed by atoms with van der Waals surface area (Å²) in [7, 11) is 3.21. The molecule has 0 saturated carbocycles. The van der Waals surface area contributed by atoms with E-state index in [1.54, 1.807) is 13.0 Å². The fraction of sp³-hybridized carbons (Fsp3) is 0.364. The average Bonchev–Trinajstić information content (AvgIpc) is 2.26. The van der Waals surface area contributed by atoms with Crippen LogP contribution in [0.1, 0.15) is 6.92 Å². The number of benzene rings is 1. The Morgan fingerprint density at radius 2 is 2.20 bits per heavy atom. The van der Waals surface area contributed by atoms with Crippen LogP contribution in [0.15, 0.2) is 24.3 Å². The second kappa shape index (κ2) is 4.68. The Morgan fingerprint density at radius 1 is 1.53 bits per heavy atom. The maximum absolute atomic E-state index is 11.3. The number of rotatable bonds is 3. The van der Waals surface area contributed by atoms with Gasteiger partial charge in [0.2, 0.25) is 0 Å². The normalized spacial score (nSPS) is 11.9. The zero-order valence-corrected chi connectivity index (χ0v) is 9.23. The van der Waals surface area contributed by atoms with Crippen LogP contribution in [0.25, 0.3) is 0 Å². The van der Waals surface area contributed by atoms with E-state index >= 15 is 0 Å². The molecule has 0 fully saturated rings. The van der Waals surface area contributed by atoms with Gasteiger partial charge in [0.05, 0.1) is 7.11 Å². The molecule has 0 aliphatic heterocycles. The lowest BCUT2D eigenvalue weighted by Gasteiger charge is -2.24. The Labute approximate surface area is 89.6 Å². The van der Waals surface area contributed by atoms with E-state index in [0.717, 1.165) is 5.69 Å². The van der Waals surface area contributed by atoms with E-state index in [4.69, 9.17) is 5.73 Å². The third-order valence-electron chi connectivity index (χ3n) is 2.40. The minimum Gasteiger partial charge on any atom is -0.467 e. The van der Waals surface area contributed by atoms with Gasteiger partial charge in [0.1, 0.15) is 6.04 Å². The van der Waals surface area contributed by atoms with Gasteiger partial charge in [0, 0.05) is 18.4 Å². The van der Waals surface area contributed by atoms with E-state index in [-0.39, 0.29) is 12.0 Å². The number of carbonyl (C=O) groups excluding carboxylic acids is 1. The highest BCUT2D eigenvalue weighted by Crippen LogP contribution is 2.18. The van der Waals surface area contributed by atoms with Crippen LogP contribution in [-0.2, 0) is 9.53 Å². The first-order valence-electron chi connectivity index (χ1n) is 4.72. The van der Waals surface area contributed by atoms with Crippen molar-refractivity contribution < 1.29 is 9.53 Å². The lowest BCUT2D eigenvalue weighted by molar-refractivity contribution is -0.141. The van der Waals surface area contributed by atoms with Gasteiger partial charge >= 0.3 is 5.97 Å². The lowest BCUT2D eigenvalue weighted by atomic mass is 10.2. The van der Waals surface area contributed by atoms with E-state index in [2.05, 4.69) is 4.74 Å². The molecule has 0 bridgehead atoms. The van der Waals surface area contributed by atoms with Crippen LogP contribution < -0.4 is 10.6 Å². The van der Waals surface area contributed by atoms with Crippen LogP contribution >= 0.6 is 0 Å². The quantitative estimate of drug-likeness (QED) is 0.600. The third-order valence-corrected chi connectivity index (χ3v) is 2.40. The monoisotopic (exact) mass is 208 g/mol. The van der Waals surface area contributed by atoms with Crippen molar-refractivity contribution in [2.75, 3.05) is 24.8 Å². The van der Waals surface area contributed by atoms with Gasteiger partial charge in [-0.3, -0.25) is 0 Å². The first-order chi connectivity index (χ1) is 7.06. The fourth-order valence-electron chi connectivity index (χ4n) is 1.30. The smallest absolute Gasteiger partial charge is 0.328 e. The Kier molecular flexibility index (Phi) is 3.55. The highest BCUT2D eigenvalue weighted by Gasteiger charge is 2.18. The molecule has 1 aromatic rings. The molecule has 1 unspecified atom stereocenters. The van der Waals surface area contributed by atoms with Gasteiger partial charge in [-0.25, -0.2) is 4.79 Å². The average molecular weight is 208 g/mol. The predicted molar refractivity (Wildman–Crippen MR) is 60.7 cm³/mol. The summed E-state index contributed by atoms with van der Waals surface area (Å²) in [4.78, 5) is 13.1. The van der Waals surface area contributed by atoms with Crippen molar-refractivity contribution in [2.24, 2.45) is 0 Å². The van der Waals surface area contributed by atoms with Gasteiger partial charge in [0.25, 0.3) is 0 Å². The second-order valence-corrected chi connectivity index (χ2v) is 3.41. The molecular formula is C11H16N2O2. The van der Waals surface area contributed by atoms with Crippen LogP contribution in [-0.4, -0.2) is 26.2 Å². The molecule has 0 aliphatic rings. The van der Waals surface area contributed by atoms with Crippen molar-refractivity contribution in [3.63, 3.8) is 0 Å². The molecule has 0 aromatic heterocycles. The van der Waals surface area contributed by atoms with Gasteiger partial charge in [-0.15, -0.1) is 0 Å². The minimum absolute atomic E-state index is 0.264. The van der Waals surface area contributed by atoms with Crippen molar-refractivity contribution >= 4 is 17.3 Å². The number of hydrogen-bond donors (Lipinski definition) is 1. The summed E-state index contributed by atoms with van der Waals surface area (Å²) in [5, 5.41) is 0. The predicted octanol–water partition coefficient (Wildman–Crippen LogP) is 1.27. The first kappa shape index (κ1) is 11.4. The van der Waals surface area contributed by atoms with E-state index < -0.39 is 0 Å². The van der Waals surface area contributed by atoms with Gasteiger partial charge in [0.15, 0.2) is 0 Å². The van der Waals surface area contributed by atoms with Crippen LogP contribution in [0.3, 0.4) is 0 Å². The Bertz CT molecular complexity index is 352. The molecule has 4 heteroatoms. The standard InChI is InChI=1S/C11H16N2O2/c1-8(11(14)15-3)13(2)10-6-4-5-9(12)7-10/h4-8H,12H2,1-3H3. The van der Waals surface area contributed by atoms with Crippen molar-refractivity contribution in [3.05, 3.63) is 24.3 Å². The van der Waals surface area contributed by atoms with E-state index in [0.29, 0.717) is 5.69 Å². The number of hydrogen-bond acceptors (Lipinski definition) is 4. The number of esters is 1. The van der Waals surface area contributed by atoms with Gasteiger partial charge in [-0.1, -0.05) is 6.07 Å². The molecule has 15 heavy (non-hydrogen) atoms. The van der Waals surface area contributed by atoms with Crippen molar-refractivity contribution in [3.8, 4) is 0 Å². The van der Waals surface area contributed by atoms with E-state index in [1.165, 1.54) is 7.11 Å². The van der Waals surface area contributed by atoms with Crippen LogP contribution in [0, 0.1) is 0 Å². The molecule has 2 N–H and O–H groups in total. The molecule has 0 amide bonds. The summed E-state index contributed by atoms with van der Waals surface area (Å²) in [5.74, 6) is -0.264. The minimum atomic E-state index is -0.322. The first-order valence-corrected chi connectivity index (χ1v) is 4.72. The number of nitrogen functional groups attached to an aromatic ring is 1. The van der Waals surface area contributed by atoms with E-state index in [9.17, 15) is 4.79 Å². The number of nitrogens with two attached hydrogens (primary N) is 1. The number of carbonyl (C=O) groups is 1. The van der Waals surface area contributed by atoms with Crippen molar-refractivity contribution in [1.82, 2.24) is 0 Å². The topological polar surface area (TPSA) is 55.6 Å². The van der Waals surface area contributed by atoms with Crippen molar-refractivity contribution in [1.29, 1.82) is 0 Å². The largest absolute Gasteiger partial charge is 0.467 e. The lowest BCUT2D eigenvalue weighted by Crippen LogP contribution is -2.36. The Morgan fingerprint density at radius 3 is 2.73 bits per heavy atom. The molecule has 0 heterocycles. The molecule has 0 saturated heterocycles. The Balaban J connectivity index is 2.84. The molecule has 1 atom stereocenters. The number of likely N-dealkylation sites (N-methyl/N-ethyl adjacent to an activating group) is 1. The number of nitrogens with zero attached hydrogens (tertiary/aromatic N) is 1. The summed E-state index contributed by atoms with van der Waals surface area (Å²) in [6.07, 6.45) is 0. The van der Waals surface area contributed by atoms with Crippen molar-refractivity contribution in [2.45, 2.75) is 13.0 Å². The number of anilines is 2. The molecule has 4 nitrogen and oxygen atoms in total. The van der Waals surface area contributed by atoms with Gasteiger partial charge < -0.3 is 15.4 Å². The van der Waals surface area contributed by atoms with Crippen LogP contribution in [0.5, 0.6) is 0 Å². The third kappa shape index (κ3) is 2.62. The highest BCUT2D eigenvalue weighted by atomic mass is 16.5. The fourth-order valence-corrected chi connectivity index (χ4v) is 1.30. The number of methoxy groups -OCH3 is 1.